The highest BCUT2D eigenvalue weighted by Gasteiger charge is 2.29. The number of amides is 2. The van der Waals surface area contributed by atoms with Crippen molar-refractivity contribution in [2.75, 3.05) is 48.8 Å². The van der Waals surface area contributed by atoms with E-state index < -0.39 is 5.97 Å². The zero-order valence-corrected chi connectivity index (χ0v) is 23.6. The van der Waals surface area contributed by atoms with Crippen LogP contribution < -0.4 is 15.5 Å². The lowest BCUT2D eigenvalue weighted by Gasteiger charge is -2.27. The van der Waals surface area contributed by atoms with Crippen LogP contribution in [0.4, 0.5) is 17.1 Å². The van der Waals surface area contributed by atoms with Crippen molar-refractivity contribution in [3.05, 3.63) is 89.5 Å². The molecule has 212 valence electrons. The summed E-state index contributed by atoms with van der Waals surface area (Å²) in [6, 6.07) is 22.4. The Bertz CT molecular complexity index is 1440. The molecule has 41 heavy (non-hydrogen) atoms. The van der Waals surface area contributed by atoms with Crippen LogP contribution >= 0.6 is 0 Å². The molecule has 0 aromatic heterocycles. The maximum absolute atomic E-state index is 13.3. The van der Waals surface area contributed by atoms with Crippen molar-refractivity contribution >= 4 is 46.1 Å². The molecule has 0 spiro atoms. The molecule has 0 bridgehead atoms. The molecule has 2 N–H and O–H groups in total. The molecule has 0 unspecified atom stereocenters. The van der Waals surface area contributed by atoms with E-state index >= 15 is 0 Å². The number of piperidine rings is 1. The molecule has 2 heterocycles. The number of hydrogen-bond acceptors (Lipinski definition) is 6. The van der Waals surface area contributed by atoms with Crippen molar-refractivity contribution in [3.8, 4) is 0 Å². The molecule has 0 saturated carbocycles. The van der Waals surface area contributed by atoms with Gasteiger partial charge in [-0.25, -0.2) is 4.79 Å². The SMILES string of the molecule is CCOC(=O)c1ccc2c(c1)NC(=O)C2=C(Nc1ccc(N(C)C(=O)CCN2CCCCC2)cc1)c1ccccc1. The Morgan fingerprint density at radius 1 is 0.951 bits per heavy atom. The van der Waals surface area contributed by atoms with Crippen LogP contribution in [0.15, 0.2) is 72.8 Å². The number of carbonyl (C=O) groups excluding carboxylic acids is 3. The van der Waals surface area contributed by atoms with Crippen LogP contribution in [0, 0.1) is 0 Å². The highest BCUT2D eigenvalue weighted by molar-refractivity contribution is 6.37. The second-order valence-corrected chi connectivity index (χ2v) is 10.3. The number of likely N-dealkylation sites (tertiary alicyclic amines) is 1. The second-order valence-electron chi connectivity index (χ2n) is 10.3. The Labute approximate surface area is 241 Å². The number of nitrogens with one attached hydrogen (secondary N) is 2. The first kappa shape index (κ1) is 28.1. The summed E-state index contributed by atoms with van der Waals surface area (Å²) in [5, 5.41) is 6.35. The molecule has 2 aliphatic rings. The van der Waals surface area contributed by atoms with Crippen LogP contribution in [-0.2, 0) is 14.3 Å². The van der Waals surface area contributed by atoms with E-state index in [9.17, 15) is 14.4 Å². The predicted molar refractivity (Wildman–Crippen MR) is 163 cm³/mol. The molecular formula is C33H36N4O4. The molecule has 2 amide bonds. The molecule has 8 nitrogen and oxygen atoms in total. The third-order valence-corrected chi connectivity index (χ3v) is 7.58. The molecule has 0 aliphatic carbocycles. The second kappa shape index (κ2) is 12.8. The lowest BCUT2D eigenvalue weighted by molar-refractivity contribution is -0.118. The number of rotatable bonds is 9. The molecule has 1 fully saturated rings. The van der Waals surface area contributed by atoms with Gasteiger partial charge >= 0.3 is 5.97 Å². The zero-order valence-electron chi connectivity index (χ0n) is 23.6. The van der Waals surface area contributed by atoms with Gasteiger partial charge in [0.1, 0.15) is 0 Å². The highest BCUT2D eigenvalue weighted by Crippen LogP contribution is 2.38. The van der Waals surface area contributed by atoms with Crippen LogP contribution in [0.1, 0.15) is 54.1 Å². The van der Waals surface area contributed by atoms with E-state index in [4.69, 9.17) is 4.74 Å². The summed E-state index contributed by atoms with van der Waals surface area (Å²) in [4.78, 5) is 42.4. The van der Waals surface area contributed by atoms with Gasteiger partial charge in [-0.1, -0.05) is 42.8 Å². The molecule has 5 rings (SSSR count). The number of carbonyl (C=O) groups is 3. The van der Waals surface area contributed by atoms with Gasteiger partial charge in [-0.05, 0) is 74.8 Å². The van der Waals surface area contributed by atoms with Gasteiger partial charge in [0, 0.05) is 37.0 Å². The predicted octanol–water partition coefficient (Wildman–Crippen LogP) is 5.63. The Morgan fingerprint density at radius 3 is 2.39 bits per heavy atom. The summed E-state index contributed by atoms with van der Waals surface area (Å²) in [5.41, 5.74) is 5.19. The molecule has 8 heteroatoms. The largest absolute Gasteiger partial charge is 0.462 e. The van der Waals surface area contributed by atoms with E-state index in [1.54, 1.807) is 30.0 Å². The zero-order chi connectivity index (χ0) is 28.8. The molecule has 3 aromatic carbocycles. The van der Waals surface area contributed by atoms with Crippen LogP contribution in [0.25, 0.3) is 11.3 Å². The topological polar surface area (TPSA) is 91.0 Å². The van der Waals surface area contributed by atoms with Crippen molar-refractivity contribution in [2.24, 2.45) is 0 Å². The minimum absolute atomic E-state index is 0.0878. The van der Waals surface area contributed by atoms with Gasteiger partial charge in [-0.2, -0.15) is 0 Å². The summed E-state index contributed by atoms with van der Waals surface area (Å²) < 4.78 is 5.12. The van der Waals surface area contributed by atoms with E-state index in [0.29, 0.717) is 34.5 Å². The molecule has 0 radical (unpaired) electrons. The van der Waals surface area contributed by atoms with Crippen molar-refractivity contribution in [3.63, 3.8) is 0 Å². The van der Waals surface area contributed by atoms with E-state index in [1.807, 2.05) is 61.6 Å². The quantitative estimate of drug-likeness (QED) is 0.264. The summed E-state index contributed by atoms with van der Waals surface area (Å²) in [5.74, 6) is -0.605. The molecular weight excluding hydrogens is 516 g/mol. The van der Waals surface area contributed by atoms with Crippen molar-refractivity contribution in [2.45, 2.75) is 32.6 Å². The monoisotopic (exact) mass is 552 g/mol. The standard InChI is InChI=1S/C33H36N4O4/c1-3-41-33(40)24-12-17-27-28(22-24)35-32(39)30(27)31(23-10-6-4-7-11-23)34-25-13-15-26(16-14-25)36(2)29(38)18-21-37-19-8-5-9-20-37/h4,6-7,10-17,22,34H,3,5,8-9,18-21H2,1-2H3,(H,35,39). The lowest BCUT2D eigenvalue weighted by Crippen LogP contribution is -2.35. The number of nitrogens with zero attached hydrogens (tertiary/aromatic N) is 2. The van der Waals surface area contributed by atoms with Gasteiger partial charge in [0.2, 0.25) is 5.91 Å². The van der Waals surface area contributed by atoms with Gasteiger partial charge in [0.05, 0.1) is 29.1 Å². The number of benzene rings is 3. The number of esters is 1. The summed E-state index contributed by atoms with van der Waals surface area (Å²) in [6.45, 7) is 4.97. The number of fused-ring (bicyclic) bond motifs is 1. The molecule has 0 atom stereocenters. The maximum atomic E-state index is 13.3. The van der Waals surface area contributed by atoms with Crippen LogP contribution in [0.2, 0.25) is 0 Å². The summed E-state index contributed by atoms with van der Waals surface area (Å²) in [7, 11) is 1.81. The third-order valence-electron chi connectivity index (χ3n) is 7.58. The Balaban J connectivity index is 1.38. The molecule has 1 saturated heterocycles. The van der Waals surface area contributed by atoms with Crippen LogP contribution in [0.5, 0.6) is 0 Å². The Hall–Kier alpha value is -4.43. The fourth-order valence-corrected chi connectivity index (χ4v) is 5.31. The van der Waals surface area contributed by atoms with E-state index in [0.717, 1.165) is 36.6 Å². The number of hydrogen-bond donors (Lipinski definition) is 2. The maximum Gasteiger partial charge on any atom is 0.338 e. The highest BCUT2D eigenvalue weighted by atomic mass is 16.5. The minimum Gasteiger partial charge on any atom is -0.462 e. The normalized spacial score (nSPS) is 16.0. The average molecular weight is 553 g/mol. The first-order chi connectivity index (χ1) is 19.9. The first-order valence-electron chi connectivity index (χ1n) is 14.2. The Morgan fingerprint density at radius 2 is 1.68 bits per heavy atom. The van der Waals surface area contributed by atoms with Gasteiger partial charge in [-0.15, -0.1) is 0 Å². The number of anilines is 3. The molecule has 3 aromatic rings. The fourth-order valence-electron chi connectivity index (χ4n) is 5.31. The van der Waals surface area contributed by atoms with Crippen LogP contribution in [0.3, 0.4) is 0 Å². The summed E-state index contributed by atoms with van der Waals surface area (Å²) in [6.07, 6.45) is 4.19. The van der Waals surface area contributed by atoms with Crippen molar-refractivity contribution in [1.82, 2.24) is 4.90 Å². The average Bonchev–Trinajstić information content (AvgIpc) is 3.34. The first-order valence-corrected chi connectivity index (χ1v) is 14.2. The third kappa shape index (κ3) is 6.49. The smallest absolute Gasteiger partial charge is 0.338 e. The van der Waals surface area contributed by atoms with Gasteiger partial charge in [0.15, 0.2) is 0 Å². The van der Waals surface area contributed by atoms with Crippen LogP contribution in [-0.4, -0.2) is 56.0 Å². The lowest BCUT2D eigenvalue weighted by atomic mass is 9.99. The summed E-state index contributed by atoms with van der Waals surface area (Å²) >= 11 is 0. The fraction of sp³-hybridized carbons (Fsp3) is 0.303. The van der Waals surface area contributed by atoms with Gasteiger partial charge < -0.3 is 25.2 Å². The minimum atomic E-state index is -0.432. The number of ether oxygens (including phenoxy) is 1. The Kier molecular flexibility index (Phi) is 8.79. The van der Waals surface area contributed by atoms with E-state index in [1.165, 1.54) is 19.3 Å². The van der Waals surface area contributed by atoms with E-state index in [-0.39, 0.29) is 18.4 Å². The van der Waals surface area contributed by atoms with Gasteiger partial charge in [-0.3, -0.25) is 9.59 Å². The van der Waals surface area contributed by atoms with E-state index in [2.05, 4.69) is 15.5 Å². The molecule has 2 aliphatic heterocycles. The van der Waals surface area contributed by atoms with Crippen molar-refractivity contribution in [1.29, 1.82) is 0 Å². The van der Waals surface area contributed by atoms with Crippen molar-refractivity contribution < 1.29 is 19.1 Å². The van der Waals surface area contributed by atoms with Gasteiger partial charge in [0.25, 0.3) is 5.91 Å².